The van der Waals surface area contributed by atoms with Gasteiger partial charge < -0.3 is 20.1 Å². The van der Waals surface area contributed by atoms with Crippen LogP contribution in [0, 0.1) is 5.92 Å². The summed E-state index contributed by atoms with van der Waals surface area (Å²) in [5.74, 6) is 4.20. The molecule has 1 aromatic heterocycles. The summed E-state index contributed by atoms with van der Waals surface area (Å²) in [5, 5.41) is 6.80. The lowest BCUT2D eigenvalue weighted by molar-refractivity contribution is 0.354. The third kappa shape index (κ3) is 5.60. The molecule has 152 valence electrons. The number of nitrogens with one attached hydrogen (secondary N) is 2. The molecule has 0 aliphatic heterocycles. The van der Waals surface area contributed by atoms with Crippen molar-refractivity contribution in [2.45, 2.75) is 20.4 Å². The van der Waals surface area contributed by atoms with Crippen LogP contribution in [0.1, 0.15) is 19.4 Å². The van der Waals surface area contributed by atoms with Crippen LogP contribution in [0.4, 0.5) is 11.6 Å². The zero-order valence-electron chi connectivity index (χ0n) is 17.4. The van der Waals surface area contributed by atoms with E-state index in [4.69, 9.17) is 14.5 Å². The van der Waals surface area contributed by atoms with Gasteiger partial charge in [0.1, 0.15) is 11.6 Å². The minimum absolute atomic E-state index is 0.522. The van der Waals surface area contributed by atoms with Crippen LogP contribution in [0.5, 0.6) is 11.5 Å². The lowest BCUT2D eigenvalue weighted by Gasteiger charge is -2.14. The van der Waals surface area contributed by atoms with Crippen molar-refractivity contribution in [1.29, 1.82) is 0 Å². The fraction of sp³-hybridized carbons (Fsp3) is 0.304. The molecule has 3 aromatic rings. The maximum absolute atomic E-state index is 5.39. The molecule has 0 fully saturated rings. The Bertz CT molecular complexity index is 929. The highest BCUT2D eigenvalue weighted by Crippen LogP contribution is 2.28. The van der Waals surface area contributed by atoms with E-state index in [0.717, 1.165) is 29.3 Å². The molecule has 1 heterocycles. The van der Waals surface area contributed by atoms with Crippen LogP contribution in [0.2, 0.25) is 0 Å². The van der Waals surface area contributed by atoms with Crippen LogP contribution in [-0.4, -0.2) is 30.7 Å². The Hall–Kier alpha value is -3.28. The van der Waals surface area contributed by atoms with Gasteiger partial charge in [0.2, 0.25) is 0 Å². The number of benzene rings is 2. The average molecular weight is 393 g/mol. The van der Waals surface area contributed by atoms with Crippen molar-refractivity contribution in [3.05, 3.63) is 60.2 Å². The van der Waals surface area contributed by atoms with Gasteiger partial charge in [-0.15, -0.1) is 0 Å². The van der Waals surface area contributed by atoms with E-state index in [1.165, 1.54) is 0 Å². The van der Waals surface area contributed by atoms with Crippen molar-refractivity contribution < 1.29 is 9.47 Å². The fourth-order valence-corrected chi connectivity index (χ4v) is 2.84. The van der Waals surface area contributed by atoms with E-state index in [9.17, 15) is 0 Å². The van der Waals surface area contributed by atoms with Crippen LogP contribution in [-0.2, 0) is 6.54 Å². The van der Waals surface area contributed by atoms with Gasteiger partial charge in [0.05, 0.1) is 14.2 Å². The maximum Gasteiger partial charge on any atom is 0.163 e. The second-order valence-electron chi connectivity index (χ2n) is 7.15. The average Bonchev–Trinajstić information content (AvgIpc) is 2.76. The van der Waals surface area contributed by atoms with Gasteiger partial charge in [-0.05, 0) is 23.6 Å². The summed E-state index contributed by atoms with van der Waals surface area (Å²) in [6.07, 6.45) is 0. The summed E-state index contributed by atoms with van der Waals surface area (Å²) in [6.45, 7) is 5.79. The van der Waals surface area contributed by atoms with E-state index in [2.05, 4.69) is 29.5 Å². The molecule has 0 saturated carbocycles. The zero-order valence-corrected chi connectivity index (χ0v) is 17.4. The SMILES string of the molecule is COc1ccc(CNc2cc(NCC(C)C)nc(-c3ccccc3)n2)cc1OC. The van der Waals surface area contributed by atoms with Gasteiger partial charge in [-0.3, -0.25) is 0 Å². The van der Waals surface area contributed by atoms with E-state index >= 15 is 0 Å². The van der Waals surface area contributed by atoms with Gasteiger partial charge in [0.15, 0.2) is 17.3 Å². The normalized spacial score (nSPS) is 10.7. The van der Waals surface area contributed by atoms with Crippen LogP contribution >= 0.6 is 0 Å². The highest BCUT2D eigenvalue weighted by molar-refractivity contribution is 5.61. The molecule has 0 saturated heterocycles. The Morgan fingerprint density at radius 1 is 0.828 bits per heavy atom. The summed E-state index contributed by atoms with van der Waals surface area (Å²) >= 11 is 0. The Balaban J connectivity index is 1.83. The quantitative estimate of drug-likeness (QED) is 0.543. The second-order valence-corrected chi connectivity index (χ2v) is 7.15. The first kappa shape index (κ1) is 20.5. The molecule has 29 heavy (non-hydrogen) atoms. The number of hydrogen-bond donors (Lipinski definition) is 2. The van der Waals surface area contributed by atoms with Crippen molar-refractivity contribution in [2.24, 2.45) is 5.92 Å². The molecule has 0 amide bonds. The number of anilines is 2. The van der Waals surface area contributed by atoms with E-state index in [0.29, 0.717) is 29.8 Å². The minimum atomic E-state index is 0.522. The lowest BCUT2D eigenvalue weighted by Crippen LogP contribution is -2.11. The third-order valence-electron chi connectivity index (χ3n) is 4.37. The fourth-order valence-electron chi connectivity index (χ4n) is 2.84. The maximum atomic E-state index is 5.39. The Kier molecular flexibility index (Phi) is 6.89. The summed E-state index contributed by atoms with van der Waals surface area (Å²) in [7, 11) is 3.27. The molecule has 0 aliphatic carbocycles. The van der Waals surface area contributed by atoms with Gasteiger partial charge in [0, 0.05) is 24.7 Å². The summed E-state index contributed by atoms with van der Waals surface area (Å²) in [5.41, 5.74) is 2.05. The monoisotopic (exact) mass is 392 g/mol. The second kappa shape index (κ2) is 9.78. The number of hydrogen-bond acceptors (Lipinski definition) is 6. The first-order chi connectivity index (χ1) is 14.1. The summed E-state index contributed by atoms with van der Waals surface area (Å²) in [6, 6.07) is 17.8. The van der Waals surface area contributed by atoms with E-state index < -0.39 is 0 Å². The molecule has 0 atom stereocenters. The predicted octanol–water partition coefficient (Wildman–Crippen LogP) is 4.84. The van der Waals surface area contributed by atoms with Crippen molar-refractivity contribution >= 4 is 11.6 Å². The molecule has 6 nitrogen and oxygen atoms in total. The first-order valence-electron chi connectivity index (χ1n) is 9.72. The minimum Gasteiger partial charge on any atom is -0.493 e. The number of ether oxygens (including phenoxy) is 2. The molecule has 3 rings (SSSR count). The molecule has 2 aromatic carbocycles. The van der Waals surface area contributed by atoms with Crippen LogP contribution < -0.4 is 20.1 Å². The van der Waals surface area contributed by atoms with Crippen LogP contribution in [0.25, 0.3) is 11.4 Å². The molecule has 0 spiro atoms. The predicted molar refractivity (Wildman–Crippen MR) is 118 cm³/mol. The molecule has 0 radical (unpaired) electrons. The van der Waals surface area contributed by atoms with Crippen molar-refractivity contribution in [3.63, 3.8) is 0 Å². The lowest BCUT2D eigenvalue weighted by atomic mass is 10.2. The molecule has 0 bridgehead atoms. The number of nitrogens with zero attached hydrogens (tertiary/aromatic N) is 2. The van der Waals surface area contributed by atoms with Gasteiger partial charge in [-0.2, -0.15) is 0 Å². The smallest absolute Gasteiger partial charge is 0.163 e. The number of rotatable bonds is 9. The highest BCUT2D eigenvalue weighted by Gasteiger charge is 2.09. The molecule has 0 aliphatic rings. The topological polar surface area (TPSA) is 68.3 Å². The third-order valence-corrected chi connectivity index (χ3v) is 4.37. The molecule has 0 unspecified atom stereocenters. The van der Waals surface area contributed by atoms with Gasteiger partial charge in [0.25, 0.3) is 0 Å². The van der Waals surface area contributed by atoms with E-state index in [1.807, 2.05) is 54.6 Å². The molecule has 6 heteroatoms. The van der Waals surface area contributed by atoms with E-state index in [-0.39, 0.29) is 0 Å². The van der Waals surface area contributed by atoms with Crippen molar-refractivity contribution in [2.75, 3.05) is 31.4 Å². The number of methoxy groups -OCH3 is 2. The molecular formula is C23H28N4O2. The van der Waals surface area contributed by atoms with Gasteiger partial charge >= 0.3 is 0 Å². The van der Waals surface area contributed by atoms with Gasteiger partial charge in [-0.1, -0.05) is 50.2 Å². The Morgan fingerprint density at radius 3 is 2.17 bits per heavy atom. The molecule has 2 N–H and O–H groups in total. The number of aromatic nitrogens is 2. The first-order valence-corrected chi connectivity index (χ1v) is 9.72. The molecular weight excluding hydrogens is 364 g/mol. The van der Waals surface area contributed by atoms with Crippen LogP contribution in [0.3, 0.4) is 0 Å². The highest BCUT2D eigenvalue weighted by atomic mass is 16.5. The van der Waals surface area contributed by atoms with Crippen molar-refractivity contribution in [3.8, 4) is 22.9 Å². The van der Waals surface area contributed by atoms with Crippen molar-refractivity contribution in [1.82, 2.24) is 9.97 Å². The standard InChI is InChI=1S/C23H28N4O2/c1-16(2)14-24-21-13-22(27-23(26-21)18-8-6-5-7-9-18)25-15-17-10-11-19(28-3)20(12-17)29-4/h5-13,16H,14-15H2,1-4H3,(H2,24,25,26,27). The van der Waals surface area contributed by atoms with Gasteiger partial charge in [-0.25, -0.2) is 9.97 Å². The summed E-state index contributed by atoms with van der Waals surface area (Å²) < 4.78 is 10.7. The zero-order chi connectivity index (χ0) is 20.6. The Morgan fingerprint density at radius 2 is 1.52 bits per heavy atom. The summed E-state index contributed by atoms with van der Waals surface area (Å²) in [4.78, 5) is 9.39. The van der Waals surface area contributed by atoms with E-state index in [1.54, 1.807) is 14.2 Å². The largest absolute Gasteiger partial charge is 0.493 e. The Labute approximate surface area is 172 Å². The van der Waals surface area contributed by atoms with Crippen LogP contribution in [0.15, 0.2) is 54.6 Å².